The van der Waals surface area contributed by atoms with E-state index < -0.39 is 5.97 Å². The van der Waals surface area contributed by atoms with Gasteiger partial charge >= 0.3 is 5.97 Å². The van der Waals surface area contributed by atoms with Crippen molar-refractivity contribution in [2.75, 3.05) is 6.61 Å². The number of aromatic nitrogens is 2. The van der Waals surface area contributed by atoms with Crippen LogP contribution in [0.15, 0.2) is 47.3 Å². The van der Waals surface area contributed by atoms with Crippen LogP contribution in [0.2, 0.25) is 0 Å². The molecule has 6 heteroatoms. The van der Waals surface area contributed by atoms with Crippen molar-refractivity contribution < 1.29 is 14.3 Å². The standard InChI is InChI=1S/C21H18N2O4/c24-19(15-9-8-13-4-3-5-14(13)10-15)12-27-20(25)11-18-16-6-1-2-7-17(16)21(26)23-22-18/h1-2,6-10H,3-5,11-12H2,(H,23,26). The molecule has 0 bridgehead atoms. The van der Waals surface area contributed by atoms with Gasteiger partial charge in [0.05, 0.1) is 17.5 Å². The number of ether oxygens (including phenoxy) is 1. The fraction of sp³-hybridized carbons (Fsp3) is 0.238. The Kier molecular flexibility index (Phi) is 4.54. The zero-order valence-electron chi connectivity index (χ0n) is 14.7. The molecule has 0 unspecified atom stereocenters. The predicted molar refractivity (Wildman–Crippen MR) is 99.8 cm³/mol. The molecule has 1 heterocycles. The molecule has 0 amide bonds. The van der Waals surface area contributed by atoms with Gasteiger partial charge in [-0.25, -0.2) is 5.10 Å². The second kappa shape index (κ2) is 7.15. The van der Waals surface area contributed by atoms with Crippen LogP contribution in [0.3, 0.4) is 0 Å². The SMILES string of the molecule is O=C(Cc1n[nH]c(=O)c2ccccc12)OCC(=O)c1ccc2c(c1)CCC2. The fourth-order valence-electron chi connectivity index (χ4n) is 3.47. The van der Waals surface area contributed by atoms with Gasteiger partial charge in [-0.1, -0.05) is 30.3 Å². The first-order valence-electron chi connectivity index (χ1n) is 8.89. The molecule has 4 rings (SSSR count). The summed E-state index contributed by atoms with van der Waals surface area (Å²) in [6.45, 7) is -0.307. The summed E-state index contributed by atoms with van der Waals surface area (Å²) in [5, 5.41) is 7.39. The average molecular weight is 362 g/mol. The second-order valence-corrected chi connectivity index (χ2v) is 6.64. The van der Waals surface area contributed by atoms with Gasteiger partial charge < -0.3 is 4.74 Å². The molecule has 136 valence electrons. The van der Waals surface area contributed by atoms with E-state index in [2.05, 4.69) is 10.2 Å². The molecule has 0 saturated heterocycles. The molecule has 1 aliphatic rings. The van der Waals surface area contributed by atoms with Gasteiger partial charge in [0.15, 0.2) is 12.4 Å². The lowest BCUT2D eigenvalue weighted by atomic mass is 10.0. The van der Waals surface area contributed by atoms with E-state index in [0.717, 1.165) is 19.3 Å². The quantitative estimate of drug-likeness (QED) is 0.556. The van der Waals surface area contributed by atoms with Gasteiger partial charge in [0.25, 0.3) is 5.56 Å². The molecule has 0 atom stereocenters. The van der Waals surface area contributed by atoms with E-state index in [1.807, 2.05) is 12.1 Å². The Balaban J connectivity index is 1.42. The maximum atomic E-state index is 12.3. The molecular formula is C21H18N2O4. The molecule has 0 radical (unpaired) electrons. The van der Waals surface area contributed by atoms with Crippen molar-refractivity contribution in [2.24, 2.45) is 0 Å². The van der Waals surface area contributed by atoms with Crippen LogP contribution >= 0.6 is 0 Å². The number of rotatable bonds is 5. The van der Waals surface area contributed by atoms with Crippen LogP contribution in [0.4, 0.5) is 0 Å². The van der Waals surface area contributed by atoms with E-state index >= 15 is 0 Å². The maximum absolute atomic E-state index is 12.3. The van der Waals surface area contributed by atoms with Crippen LogP contribution in [-0.4, -0.2) is 28.6 Å². The van der Waals surface area contributed by atoms with Gasteiger partial charge in [0.1, 0.15) is 0 Å². The Morgan fingerprint density at radius 1 is 1.04 bits per heavy atom. The Hall–Kier alpha value is -3.28. The molecule has 6 nitrogen and oxygen atoms in total. The van der Waals surface area contributed by atoms with Crippen LogP contribution in [0.25, 0.3) is 10.8 Å². The minimum atomic E-state index is -0.561. The number of aromatic amines is 1. The number of benzene rings is 2. The Labute approximate surface area is 155 Å². The summed E-state index contributed by atoms with van der Waals surface area (Å²) >= 11 is 0. The van der Waals surface area contributed by atoms with Crippen LogP contribution < -0.4 is 5.56 Å². The molecule has 0 aliphatic heterocycles. The zero-order chi connectivity index (χ0) is 18.8. The minimum Gasteiger partial charge on any atom is -0.457 e. The molecule has 0 fully saturated rings. The van der Waals surface area contributed by atoms with Crippen LogP contribution in [-0.2, 0) is 28.8 Å². The first-order chi connectivity index (χ1) is 13.1. The first kappa shape index (κ1) is 17.1. The predicted octanol–water partition coefficient (Wildman–Crippen LogP) is 2.38. The third-order valence-corrected chi connectivity index (χ3v) is 4.87. The van der Waals surface area contributed by atoms with Gasteiger partial charge in [-0.3, -0.25) is 14.4 Å². The van der Waals surface area contributed by atoms with Crippen LogP contribution in [0.1, 0.15) is 33.6 Å². The van der Waals surface area contributed by atoms with Gasteiger partial charge in [-0.2, -0.15) is 5.10 Å². The van der Waals surface area contributed by atoms with E-state index in [1.165, 1.54) is 11.1 Å². The molecule has 1 aromatic heterocycles. The maximum Gasteiger partial charge on any atom is 0.312 e. The van der Waals surface area contributed by atoms with Gasteiger partial charge in [-0.05, 0) is 42.5 Å². The lowest BCUT2D eigenvalue weighted by Crippen LogP contribution is -2.18. The average Bonchev–Trinajstić information content (AvgIpc) is 3.16. The summed E-state index contributed by atoms with van der Waals surface area (Å²) in [4.78, 5) is 36.3. The molecule has 27 heavy (non-hydrogen) atoms. The number of nitrogens with zero attached hydrogens (tertiary/aromatic N) is 1. The summed E-state index contributed by atoms with van der Waals surface area (Å²) in [6, 6.07) is 12.6. The van der Waals surface area contributed by atoms with E-state index in [0.29, 0.717) is 22.0 Å². The Morgan fingerprint density at radius 3 is 2.67 bits per heavy atom. The summed E-state index contributed by atoms with van der Waals surface area (Å²) in [6.07, 6.45) is 3.04. The molecule has 1 aliphatic carbocycles. The second-order valence-electron chi connectivity index (χ2n) is 6.64. The number of fused-ring (bicyclic) bond motifs is 2. The highest BCUT2D eigenvalue weighted by Crippen LogP contribution is 2.23. The third-order valence-electron chi connectivity index (χ3n) is 4.87. The number of H-pyrrole nitrogens is 1. The monoisotopic (exact) mass is 362 g/mol. The molecule has 0 saturated carbocycles. The number of esters is 1. The zero-order valence-corrected chi connectivity index (χ0v) is 14.7. The molecule has 2 aromatic carbocycles. The number of hydrogen-bond acceptors (Lipinski definition) is 5. The summed E-state index contributed by atoms with van der Waals surface area (Å²) in [7, 11) is 0. The van der Waals surface area contributed by atoms with Crippen LogP contribution in [0, 0.1) is 0 Å². The van der Waals surface area contributed by atoms with Crippen molar-refractivity contribution in [1.29, 1.82) is 0 Å². The van der Waals surface area contributed by atoms with Crippen molar-refractivity contribution >= 4 is 22.5 Å². The summed E-state index contributed by atoms with van der Waals surface area (Å²) in [5.74, 6) is -0.786. The normalized spacial score (nSPS) is 12.7. The Morgan fingerprint density at radius 2 is 1.81 bits per heavy atom. The van der Waals surface area contributed by atoms with E-state index in [-0.39, 0.29) is 24.4 Å². The summed E-state index contributed by atoms with van der Waals surface area (Å²) < 4.78 is 5.14. The van der Waals surface area contributed by atoms with Crippen molar-refractivity contribution in [1.82, 2.24) is 10.2 Å². The van der Waals surface area contributed by atoms with Crippen molar-refractivity contribution in [3.63, 3.8) is 0 Å². The number of carbonyl (C=O) groups is 2. The number of ketones is 1. The number of carbonyl (C=O) groups excluding carboxylic acids is 2. The number of Topliss-reactive ketones (excluding diaryl/α,β-unsaturated/α-hetero) is 1. The number of hydrogen-bond donors (Lipinski definition) is 1. The highest BCUT2D eigenvalue weighted by Gasteiger charge is 2.16. The fourth-order valence-corrected chi connectivity index (χ4v) is 3.47. The van der Waals surface area contributed by atoms with Crippen molar-refractivity contribution in [2.45, 2.75) is 25.7 Å². The minimum absolute atomic E-state index is 0.116. The highest BCUT2D eigenvalue weighted by molar-refractivity contribution is 5.98. The van der Waals surface area contributed by atoms with Gasteiger partial charge in [-0.15, -0.1) is 0 Å². The Bertz CT molecular complexity index is 1100. The van der Waals surface area contributed by atoms with Gasteiger partial charge in [0, 0.05) is 10.9 Å². The molecule has 0 spiro atoms. The van der Waals surface area contributed by atoms with E-state index in [9.17, 15) is 14.4 Å². The largest absolute Gasteiger partial charge is 0.457 e. The molecule has 1 N–H and O–H groups in total. The molecular weight excluding hydrogens is 344 g/mol. The van der Waals surface area contributed by atoms with Crippen molar-refractivity contribution in [3.8, 4) is 0 Å². The lowest BCUT2D eigenvalue weighted by Gasteiger charge is -2.07. The topological polar surface area (TPSA) is 89.1 Å². The number of aryl methyl sites for hydroxylation is 2. The van der Waals surface area contributed by atoms with E-state index in [4.69, 9.17) is 4.74 Å². The molecule has 3 aromatic rings. The summed E-state index contributed by atoms with van der Waals surface area (Å²) in [5.41, 5.74) is 3.17. The third kappa shape index (κ3) is 3.51. The van der Waals surface area contributed by atoms with E-state index in [1.54, 1.807) is 30.3 Å². The first-order valence-corrected chi connectivity index (χ1v) is 8.89. The van der Waals surface area contributed by atoms with Gasteiger partial charge in [0.2, 0.25) is 0 Å². The van der Waals surface area contributed by atoms with Crippen molar-refractivity contribution in [3.05, 3.63) is 75.2 Å². The smallest absolute Gasteiger partial charge is 0.312 e. The lowest BCUT2D eigenvalue weighted by molar-refractivity contribution is -0.141. The number of nitrogens with one attached hydrogen (secondary N) is 1. The highest BCUT2D eigenvalue weighted by atomic mass is 16.5. The van der Waals surface area contributed by atoms with Crippen LogP contribution in [0.5, 0.6) is 0 Å².